The van der Waals surface area contributed by atoms with Crippen LogP contribution in [0, 0.1) is 0 Å². The monoisotopic (exact) mass is 315 g/mol. The van der Waals surface area contributed by atoms with Crippen molar-refractivity contribution in [2.45, 2.75) is 19.4 Å². The van der Waals surface area contributed by atoms with Crippen LogP contribution < -0.4 is 62.2 Å². The van der Waals surface area contributed by atoms with Crippen LogP contribution >= 0.6 is 0 Å². The third-order valence-corrected chi connectivity index (χ3v) is 2.15. The van der Waals surface area contributed by atoms with Crippen LogP contribution in [0.5, 0.6) is 0 Å². The van der Waals surface area contributed by atoms with Gasteiger partial charge in [-0.25, -0.2) is 0 Å². The van der Waals surface area contributed by atoms with Crippen molar-refractivity contribution in [1.82, 2.24) is 0 Å². The number of carbonyl (C=O) groups excluding carboxylic acids is 1. The molecule has 1 unspecified atom stereocenters. The van der Waals surface area contributed by atoms with E-state index in [1.165, 1.54) is 6.08 Å². The molecule has 21 heavy (non-hydrogen) atoms. The molecule has 108 valence electrons. The summed E-state index contributed by atoms with van der Waals surface area (Å²) in [6, 6.07) is 8.54. The van der Waals surface area contributed by atoms with E-state index in [-0.39, 0.29) is 51.4 Å². The molecule has 0 saturated carbocycles. The van der Waals surface area contributed by atoms with E-state index in [0.29, 0.717) is 6.42 Å². The van der Waals surface area contributed by atoms with Crippen LogP contribution in [-0.2, 0) is 16.0 Å². The zero-order valence-corrected chi connectivity index (χ0v) is 15.4. The van der Waals surface area contributed by atoms with Crippen molar-refractivity contribution >= 4 is 11.9 Å². The Hall–Kier alpha value is -0.764. The minimum absolute atomic E-state index is 0. The topological polar surface area (TPSA) is 103 Å². The van der Waals surface area contributed by atoms with Gasteiger partial charge in [0.05, 0.1) is 5.97 Å². The number of allylic oxidation sites excluding steroid dienone is 3. The Kier molecular flexibility index (Phi) is 15.2. The Balaban J connectivity index is 0. The molecule has 3 N–H and O–H groups in total. The summed E-state index contributed by atoms with van der Waals surface area (Å²) in [6.45, 7) is 1.81. The van der Waals surface area contributed by atoms with E-state index in [1.54, 1.807) is 19.1 Å². The molecular formula is C15H18KNO4. The third-order valence-electron chi connectivity index (χ3n) is 2.15. The first-order valence-corrected chi connectivity index (χ1v) is 6.00. The average molecular weight is 315 g/mol. The van der Waals surface area contributed by atoms with Crippen LogP contribution in [0.3, 0.4) is 0 Å². The molecule has 1 aromatic carbocycles. The van der Waals surface area contributed by atoms with Crippen LogP contribution in [0.15, 0.2) is 54.6 Å². The van der Waals surface area contributed by atoms with Crippen molar-refractivity contribution in [1.29, 1.82) is 0 Å². The Morgan fingerprint density at radius 3 is 2.29 bits per heavy atom. The fourth-order valence-corrected chi connectivity index (χ4v) is 1.20. The number of carbonyl (C=O) groups is 2. The first-order chi connectivity index (χ1) is 9.47. The minimum Gasteiger partial charge on any atom is -0.545 e. The molecule has 0 heterocycles. The molecule has 5 nitrogen and oxygen atoms in total. The van der Waals surface area contributed by atoms with Gasteiger partial charge in [-0.05, 0) is 25.0 Å². The summed E-state index contributed by atoms with van der Waals surface area (Å²) < 4.78 is 0. The molecule has 1 rings (SSSR count). The molecular weight excluding hydrogens is 297 g/mol. The van der Waals surface area contributed by atoms with Crippen molar-refractivity contribution in [3.8, 4) is 0 Å². The van der Waals surface area contributed by atoms with E-state index in [9.17, 15) is 14.7 Å². The first-order valence-electron chi connectivity index (χ1n) is 6.00. The Morgan fingerprint density at radius 1 is 1.29 bits per heavy atom. The van der Waals surface area contributed by atoms with E-state index in [1.807, 2.05) is 30.3 Å². The van der Waals surface area contributed by atoms with E-state index in [0.717, 1.165) is 11.6 Å². The summed E-state index contributed by atoms with van der Waals surface area (Å²) in [5.74, 6) is -2.12. The van der Waals surface area contributed by atoms with Crippen LogP contribution in [0.4, 0.5) is 0 Å². The van der Waals surface area contributed by atoms with Crippen LogP contribution in [0.25, 0.3) is 0 Å². The zero-order valence-electron chi connectivity index (χ0n) is 12.2. The van der Waals surface area contributed by atoms with E-state index in [4.69, 9.17) is 10.8 Å². The predicted molar refractivity (Wildman–Crippen MR) is 74.7 cm³/mol. The van der Waals surface area contributed by atoms with Crippen molar-refractivity contribution in [2.24, 2.45) is 5.73 Å². The molecule has 0 aliphatic rings. The molecule has 0 bridgehead atoms. The van der Waals surface area contributed by atoms with Crippen LogP contribution in [0.1, 0.15) is 12.5 Å². The molecule has 6 heteroatoms. The van der Waals surface area contributed by atoms with E-state index in [2.05, 4.69) is 0 Å². The summed E-state index contributed by atoms with van der Waals surface area (Å²) in [5, 5.41) is 18.2. The maximum atomic E-state index is 10.4. The minimum atomic E-state index is -1.16. The molecule has 1 aromatic rings. The number of hydrogen-bond acceptors (Lipinski definition) is 4. The SMILES string of the molecule is C/C=C/C=C/C(=O)[O-].NC(Cc1ccccc1)C(=O)O.[K+]. The fraction of sp³-hybridized carbons (Fsp3) is 0.200. The molecule has 0 spiro atoms. The van der Waals surface area contributed by atoms with Gasteiger partial charge in [0.15, 0.2) is 0 Å². The number of benzene rings is 1. The smallest absolute Gasteiger partial charge is 0.545 e. The van der Waals surface area contributed by atoms with Crippen LogP contribution in [0.2, 0.25) is 0 Å². The second kappa shape index (κ2) is 14.2. The summed E-state index contributed by atoms with van der Waals surface area (Å²) in [4.78, 5) is 20.0. The summed E-state index contributed by atoms with van der Waals surface area (Å²) in [7, 11) is 0. The molecule has 0 aromatic heterocycles. The number of rotatable bonds is 5. The molecule has 0 aliphatic carbocycles. The van der Waals surface area contributed by atoms with Gasteiger partial charge in [0.25, 0.3) is 0 Å². The molecule has 0 amide bonds. The van der Waals surface area contributed by atoms with Crippen molar-refractivity contribution < 1.29 is 71.2 Å². The summed E-state index contributed by atoms with van der Waals surface area (Å²) in [6.07, 6.45) is 6.13. The number of aliphatic carboxylic acids is 2. The molecule has 0 fully saturated rings. The van der Waals surface area contributed by atoms with Gasteiger partial charge in [-0.1, -0.05) is 48.6 Å². The number of carboxylic acids is 2. The summed E-state index contributed by atoms with van der Waals surface area (Å²) >= 11 is 0. The number of nitrogens with two attached hydrogens (primary N) is 1. The molecule has 0 radical (unpaired) electrons. The standard InChI is InChI=1S/C9H11NO2.C6H8O2.K/c10-8(9(11)12)6-7-4-2-1-3-5-7;1-2-3-4-5-6(7)8;/h1-5,8H,6,10H2,(H,11,12);2-5H,1H3,(H,7,8);/q;;+1/p-1/b;3-2+,5-4+;. The van der Waals surface area contributed by atoms with Gasteiger partial charge in [-0.15, -0.1) is 0 Å². The maximum absolute atomic E-state index is 10.4. The Bertz CT molecular complexity index is 472. The van der Waals surface area contributed by atoms with Crippen molar-refractivity contribution in [3.63, 3.8) is 0 Å². The van der Waals surface area contributed by atoms with Gasteiger partial charge in [0, 0.05) is 0 Å². The Morgan fingerprint density at radius 2 is 1.86 bits per heavy atom. The second-order valence-corrected chi connectivity index (χ2v) is 3.84. The Labute approximate surface area is 167 Å². The zero-order chi connectivity index (χ0) is 15.4. The second-order valence-electron chi connectivity index (χ2n) is 3.84. The largest absolute Gasteiger partial charge is 1.00 e. The normalized spacial score (nSPS) is 11.3. The van der Waals surface area contributed by atoms with E-state index < -0.39 is 18.0 Å². The van der Waals surface area contributed by atoms with Gasteiger partial charge in [-0.3, -0.25) is 4.79 Å². The maximum Gasteiger partial charge on any atom is 1.00 e. The first kappa shape index (κ1) is 22.5. The van der Waals surface area contributed by atoms with Crippen LogP contribution in [-0.4, -0.2) is 23.1 Å². The van der Waals surface area contributed by atoms with Gasteiger partial charge in [0.1, 0.15) is 6.04 Å². The summed E-state index contributed by atoms with van der Waals surface area (Å²) in [5.41, 5.74) is 6.30. The fourth-order valence-electron chi connectivity index (χ4n) is 1.20. The molecule has 0 aliphatic heterocycles. The molecule has 0 saturated heterocycles. The van der Waals surface area contributed by atoms with Crippen molar-refractivity contribution in [3.05, 3.63) is 60.2 Å². The average Bonchev–Trinajstić information content (AvgIpc) is 2.40. The van der Waals surface area contributed by atoms with Gasteiger partial charge < -0.3 is 20.7 Å². The number of carboxylic acid groups (broad SMARTS) is 2. The van der Waals surface area contributed by atoms with E-state index >= 15 is 0 Å². The van der Waals surface area contributed by atoms with Crippen molar-refractivity contribution in [2.75, 3.05) is 0 Å². The van der Waals surface area contributed by atoms with Gasteiger partial charge >= 0.3 is 57.4 Å². The quantitative estimate of drug-likeness (QED) is 0.356. The number of hydrogen-bond donors (Lipinski definition) is 2. The third kappa shape index (κ3) is 14.0. The molecule has 1 atom stereocenters. The van der Waals surface area contributed by atoms with Gasteiger partial charge in [-0.2, -0.15) is 0 Å². The predicted octanol–water partition coefficient (Wildman–Crippen LogP) is -2.49. The van der Waals surface area contributed by atoms with Gasteiger partial charge in [0.2, 0.25) is 0 Å².